The molecule has 0 saturated heterocycles. The van der Waals surface area contributed by atoms with Crippen molar-refractivity contribution in [2.75, 3.05) is 7.05 Å². The van der Waals surface area contributed by atoms with Crippen molar-refractivity contribution in [1.82, 2.24) is 4.90 Å². The van der Waals surface area contributed by atoms with Crippen LogP contribution in [0.1, 0.15) is 56.7 Å². The minimum atomic E-state index is 0.498. The van der Waals surface area contributed by atoms with Gasteiger partial charge in [-0.2, -0.15) is 0 Å². The Morgan fingerprint density at radius 2 is 1.95 bits per heavy atom. The lowest BCUT2D eigenvalue weighted by Crippen LogP contribution is -2.26. The number of aryl methyl sites for hydroxylation is 1. The fourth-order valence-corrected chi connectivity index (χ4v) is 3.21. The molecule has 1 unspecified atom stereocenters. The molecular weight excluding hydrogens is 242 g/mol. The lowest BCUT2D eigenvalue weighted by molar-refractivity contribution is 0.278. The molecule has 108 valence electrons. The summed E-state index contributed by atoms with van der Waals surface area (Å²) in [6.07, 6.45) is 9.33. The maximum absolute atomic E-state index is 2.52. The summed E-state index contributed by atoms with van der Waals surface area (Å²) in [5.41, 5.74) is 5.82. The number of hydrogen-bond acceptors (Lipinski definition) is 1. The summed E-state index contributed by atoms with van der Waals surface area (Å²) in [6.45, 7) is 6.75. The predicted octanol–water partition coefficient (Wildman–Crippen LogP) is 5.39. The van der Waals surface area contributed by atoms with Crippen LogP contribution in [-0.4, -0.2) is 11.9 Å². The van der Waals surface area contributed by atoms with E-state index in [4.69, 9.17) is 0 Å². The molecule has 1 aromatic carbocycles. The Balaban J connectivity index is 2.34. The third kappa shape index (κ3) is 3.15. The van der Waals surface area contributed by atoms with Crippen LogP contribution < -0.4 is 0 Å². The molecule has 1 nitrogen and oxygen atoms in total. The number of nitrogens with zero attached hydrogens (tertiary/aromatic N) is 1. The molecule has 0 amide bonds. The quantitative estimate of drug-likeness (QED) is 0.692. The molecule has 0 aliphatic heterocycles. The van der Waals surface area contributed by atoms with Gasteiger partial charge in [-0.1, -0.05) is 49.8 Å². The number of allylic oxidation sites excluding steroid dienone is 4. The van der Waals surface area contributed by atoms with Crippen LogP contribution in [0.5, 0.6) is 0 Å². The molecule has 0 saturated carbocycles. The fraction of sp³-hybridized carbons (Fsp3) is 0.474. The second-order valence-electron chi connectivity index (χ2n) is 5.84. The monoisotopic (exact) mass is 269 g/mol. The Kier molecular flexibility index (Phi) is 5.05. The normalized spacial score (nSPS) is 16.4. The van der Waals surface area contributed by atoms with E-state index in [0.29, 0.717) is 6.04 Å². The highest BCUT2D eigenvalue weighted by Gasteiger charge is 2.21. The summed E-state index contributed by atoms with van der Waals surface area (Å²) in [5, 5.41) is 0. The number of benzene rings is 1. The highest BCUT2D eigenvalue weighted by molar-refractivity contribution is 5.32. The first-order valence-corrected chi connectivity index (χ1v) is 7.79. The average molecular weight is 269 g/mol. The van der Waals surface area contributed by atoms with Crippen molar-refractivity contribution in [3.8, 4) is 0 Å². The van der Waals surface area contributed by atoms with Crippen LogP contribution in [0.4, 0.5) is 0 Å². The first-order chi connectivity index (χ1) is 9.65. The molecular formula is C19H27N. The van der Waals surface area contributed by atoms with E-state index in [1.165, 1.54) is 48.1 Å². The van der Waals surface area contributed by atoms with E-state index >= 15 is 0 Å². The van der Waals surface area contributed by atoms with Crippen molar-refractivity contribution >= 4 is 0 Å². The predicted molar refractivity (Wildman–Crippen MR) is 87.7 cm³/mol. The molecule has 1 aromatic rings. The Hall–Kier alpha value is -1.50. The van der Waals surface area contributed by atoms with Crippen molar-refractivity contribution in [3.63, 3.8) is 0 Å². The SMILES string of the molecule is CCCC(c1ccccc1C)N(C)C1=C(C)C=CCC1. The third-order valence-electron chi connectivity index (χ3n) is 4.37. The van der Waals surface area contributed by atoms with E-state index in [2.05, 4.69) is 69.1 Å². The summed E-state index contributed by atoms with van der Waals surface area (Å²) >= 11 is 0. The Labute approximate surface area is 124 Å². The number of hydrogen-bond donors (Lipinski definition) is 0. The molecule has 1 aliphatic carbocycles. The van der Waals surface area contributed by atoms with Gasteiger partial charge in [0.2, 0.25) is 0 Å². The molecule has 0 heterocycles. The van der Waals surface area contributed by atoms with Gasteiger partial charge in [0.25, 0.3) is 0 Å². The zero-order valence-corrected chi connectivity index (χ0v) is 13.3. The van der Waals surface area contributed by atoms with Crippen LogP contribution >= 0.6 is 0 Å². The third-order valence-corrected chi connectivity index (χ3v) is 4.37. The molecule has 1 aliphatic rings. The van der Waals surface area contributed by atoms with Gasteiger partial charge in [0, 0.05) is 12.7 Å². The molecule has 1 heteroatoms. The van der Waals surface area contributed by atoms with Crippen LogP contribution in [-0.2, 0) is 0 Å². The van der Waals surface area contributed by atoms with Gasteiger partial charge < -0.3 is 4.90 Å². The van der Waals surface area contributed by atoms with E-state index in [1.54, 1.807) is 0 Å². The molecule has 0 N–H and O–H groups in total. The van der Waals surface area contributed by atoms with Gasteiger partial charge in [-0.15, -0.1) is 0 Å². The summed E-state index contributed by atoms with van der Waals surface area (Å²) in [7, 11) is 2.27. The highest BCUT2D eigenvalue weighted by atomic mass is 15.1. The van der Waals surface area contributed by atoms with Gasteiger partial charge in [0.15, 0.2) is 0 Å². The van der Waals surface area contributed by atoms with E-state index in [0.717, 1.165) is 0 Å². The molecule has 0 aromatic heterocycles. The number of rotatable bonds is 5. The summed E-state index contributed by atoms with van der Waals surface area (Å²) < 4.78 is 0. The fourth-order valence-electron chi connectivity index (χ4n) is 3.21. The standard InChI is InChI=1S/C19H27N/c1-5-10-19(17-13-8-6-11-15(17)2)20(4)18-14-9-7-12-16(18)3/h6-8,11-13,19H,5,9-10,14H2,1-4H3. The van der Waals surface area contributed by atoms with Crippen LogP contribution in [0.25, 0.3) is 0 Å². The lowest BCUT2D eigenvalue weighted by Gasteiger charge is -2.35. The van der Waals surface area contributed by atoms with Gasteiger partial charge in [-0.25, -0.2) is 0 Å². The van der Waals surface area contributed by atoms with Gasteiger partial charge in [-0.05, 0) is 49.8 Å². The van der Waals surface area contributed by atoms with Crippen LogP contribution in [0.3, 0.4) is 0 Å². The molecule has 0 radical (unpaired) electrons. The molecule has 0 spiro atoms. The van der Waals surface area contributed by atoms with E-state index in [9.17, 15) is 0 Å². The minimum absolute atomic E-state index is 0.498. The lowest BCUT2D eigenvalue weighted by atomic mass is 9.94. The zero-order chi connectivity index (χ0) is 14.5. The molecule has 1 atom stereocenters. The largest absolute Gasteiger partial charge is 0.371 e. The Morgan fingerprint density at radius 3 is 2.60 bits per heavy atom. The van der Waals surface area contributed by atoms with E-state index in [1.807, 2.05) is 0 Å². The molecule has 20 heavy (non-hydrogen) atoms. The second kappa shape index (κ2) is 6.78. The van der Waals surface area contributed by atoms with Gasteiger partial charge >= 0.3 is 0 Å². The average Bonchev–Trinajstić information content (AvgIpc) is 2.46. The van der Waals surface area contributed by atoms with Crippen molar-refractivity contribution in [3.05, 3.63) is 58.8 Å². The van der Waals surface area contributed by atoms with Gasteiger partial charge in [0.1, 0.15) is 0 Å². The topological polar surface area (TPSA) is 3.24 Å². The first-order valence-electron chi connectivity index (χ1n) is 7.79. The summed E-state index contributed by atoms with van der Waals surface area (Å²) in [4.78, 5) is 2.52. The van der Waals surface area contributed by atoms with E-state index in [-0.39, 0.29) is 0 Å². The van der Waals surface area contributed by atoms with Gasteiger partial charge in [-0.3, -0.25) is 0 Å². The second-order valence-corrected chi connectivity index (χ2v) is 5.84. The smallest absolute Gasteiger partial charge is 0.0538 e. The van der Waals surface area contributed by atoms with Crippen molar-refractivity contribution < 1.29 is 0 Å². The van der Waals surface area contributed by atoms with Crippen LogP contribution in [0.15, 0.2) is 47.7 Å². The first kappa shape index (κ1) is 14.9. The maximum atomic E-state index is 2.52. The Morgan fingerprint density at radius 1 is 1.20 bits per heavy atom. The van der Waals surface area contributed by atoms with Crippen molar-refractivity contribution in [2.24, 2.45) is 0 Å². The van der Waals surface area contributed by atoms with Gasteiger partial charge in [0.05, 0.1) is 6.04 Å². The minimum Gasteiger partial charge on any atom is -0.371 e. The van der Waals surface area contributed by atoms with E-state index < -0.39 is 0 Å². The molecule has 0 fully saturated rings. The van der Waals surface area contributed by atoms with Crippen molar-refractivity contribution in [1.29, 1.82) is 0 Å². The highest BCUT2D eigenvalue weighted by Crippen LogP contribution is 2.33. The maximum Gasteiger partial charge on any atom is 0.0538 e. The van der Waals surface area contributed by atoms with Crippen LogP contribution in [0.2, 0.25) is 0 Å². The molecule has 2 rings (SSSR count). The van der Waals surface area contributed by atoms with Crippen LogP contribution in [0, 0.1) is 6.92 Å². The summed E-state index contributed by atoms with van der Waals surface area (Å²) in [6, 6.07) is 9.32. The zero-order valence-electron chi connectivity index (χ0n) is 13.3. The summed E-state index contributed by atoms with van der Waals surface area (Å²) in [5.74, 6) is 0. The molecule has 0 bridgehead atoms. The Bertz CT molecular complexity index is 510. The van der Waals surface area contributed by atoms with Crippen molar-refractivity contribution in [2.45, 2.75) is 52.5 Å².